The number of anilines is 2. The highest BCUT2D eigenvalue weighted by Crippen LogP contribution is 2.39. The molecule has 0 fully saturated rings. The second kappa shape index (κ2) is 5.21. The van der Waals surface area contributed by atoms with Gasteiger partial charge in [0.05, 0.1) is 20.3 Å². The van der Waals surface area contributed by atoms with Gasteiger partial charge < -0.3 is 10.4 Å². The molecular formula is C18H25N4O3+. The predicted octanol–water partition coefficient (Wildman–Crippen LogP) is 2.09. The van der Waals surface area contributed by atoms with Crippen molar-refractivity contribution in [3.05, 3.63) is 22.9 Å². The average molecular weight is 345 g/mol. The number of nitrogens with one attached hydrogen (secondary N) is 1. The zero-order chi connectivity index (χ0) is 18.8. The predicted molar refractivity (Wildman–Crippen MR) is 95.8 cm³/mol. The third kappa shape index (κ3) is 2.08. The van der Waals surface area contributed by atoms with Gasteiger partial charge in [-0.05, 0) is 37.8 Å². The Morgan fingerprint density at radius 1 is 1.36 bits per heavy atom. The van der Waals surface area contributed by atoms with Crippen molar-refractivity contribution in [3.8, 4) is 0 Å². The van der Waals surface area contributed by atoms with Gasteiger partial charge in [-0.3, -0.25) is 9.69 Å². The van der Waals surface area contributed by atoms with E-state index >= 15 is 0 Å². The minimum atomic E-state index is -0.996. The number of aromatic nitrogens is 2. The highest BCUT2D eigenvalue weighted by Gasteiger charge is 2.52. The molecule has 3 rings (SSSR count). The fraction of sp³-hybridized carbons (Fsp3) is 0.500. The summed E-state index contributed by atoms with van der Waals surface area (Å²) in [5.41, 5.74) is 1.55. The molecule has 0 aliphatic carbocycles. The summed E-state index contributed by atoms with van der Waals surface area (Å²) in [7, 11) is 3.70. The van der Waals surface area contributed by atoms with E-state index < -0.39 is 11.5 Å². The minimum absolute atomic E-state index is 0.0507. The number of fused-ring (bicyclic) bond motifs is 3. The van der Waals surface area contributed by atoms with E-state index in [1.807, 2.05) is 52.9 Å². The Morgan fingerprint density at radius 2 is 1.96 bits per heavy atom. The van der Waals surface area contributed by atoms with E-state index in [1.165, 1.54) is 0 Å². The van der Waals surface area contributed by atoms with Crippen LogP contribution in [0.15, 0.2) is 6.20 Å². The highest BCUT2D eigenvalue weighted by molar-refractivity contribution is 6.07. The first-order chi connectivity index (χ1) is 11.5. The maximum absolute atomic E-state index is 13.2. The molecule has 3 heterocycles. The molecule has 1 unspecified atom stereocenters. The molecule has 0 amide bonds. The fourth-order valence-corrected chi connectivity index (χ4v) is 3.46. The minimum Gasteiger partial charge on any atom is -0.478 e. The molecular weight excluding hydrogens is 320 g/mol. The smallest absolute Gasteiger partial charge is 0.373 e. The molecule has 0 saturated carbocycles. The summed E-state index contributed by atoms with van der Waals surface area (Å²) < 4.78 is 3.41. The third-order valence-electron chi connectivity index (χ3n) is 5.42. The zero-order valence-corrected chi connectivity index (χ0v) is 15.8. The molecule has 0 radical (unpaired) electrons. The number of pyridine rings is 1. The zero-order valence-electron chi connectivity index (χ0n) is 15.8. The van der Waals surface area contributed by atoms with E-state index in [4.69, 9.17) is 0 Å². The molecule has 0 bridgehead atoms. The monoisotopic (exact) mass is 345 g/mol. The normalized spacial score (nSPS) is 19.4. The highest BCUT2D eigenvalue weighted by atomic mass is 16.4. The van der Waals surface area contributed by atoms with Gasteiger partial charge in [0.15, 0.2) is 5.52 Å². The number of aryl methyl sites for hydroxylation is 1. The lowest BCUT2D eigenvalue weighted by Gasteiger charge is -2.25. The second-order valence-corrected chi connectivity index (χ2v) is 7.50. The van der Waals surface area contributed by atoms with E-state index in [0.717, 1.165) is 5.56 Å². The van der Waals surface area contributed by atoms with Crippen LogP contribution in [0.3, 0.4) is 0 Å². The van der Waals surface area contributed by atoms with Crippen LogP contribution in [0.1, 0.15) is 47.1 Å². The van der Waals surface area contributed by atoms with Crippen LogP contribution in [0.4, 0.5) is 11.8 Å². The largest absolute Gasteiger partial charge is 0.478 e. The van der Waals surface area contributed by atoms with Gasteiger partial charge in [-0.1, -0.05) is 13.8 Å². The molecule has 1 aliphatic rings. The van der Waals surface area contributed by atoms with Gasteiger partial charge in [0.25, 0.3) is 0 Å². The number of carbonyl (C=O) groups excluding carboxylic acids is 1. The number of carbonyl (C=O) groups is 2. The molecule has 0 spiro atoms. The van der Waals surface area contributed by atoms with Crippen molar-refractivity contribution >= 4 is 29.2 Å². The van der Waals surface area contributed by atoms with E-state index in [-0.39, 0.29) is 17.4 Å². The van der Waals surface area contributed by atoms with Gasteiger partial charge in [-0.2, -0.15) is 4.40 Å². The van der Waals surface area contributed by atoms with Crippen LogP contribution in [0, 0.1) is 19.8 Å². The number of carboxylic acid groups (broad SMARTS) is 1. The Hall–Kier alpha value is -2.57. The third-order valence-corrected chi connectivity index (χ3v) is 5.42. The average Bonchev–Trinajstić information content (AvgIpc) is 2.93. The summed E-state index contributed by atoms with van der Waals surface area (Å²) in [6.07, 6.45) is 1.89. The van der Waals surface area contributed by atoms with Gasteiger partial charge in [0.2, 0.25) is 5.82 Å². The topological polar surface area (TPSA) is 78.7 Å². The molecule has 2 N–H and O–H groups in total. The first kappa shape index (κ1) is 17.3. The lowest BCUT2D eigenvalue weighted by Crippen LogP contribution is -2.46. The molecule has 2 aromatic heterocycles. The maximum atomic E-state index is 13.2. The van der Waals surface area contributed by atoms with Crippen LogP contribution in [0.5, 0.6) is 0 Å². The maximum Gasteiger partial charge on any atom is 0.373 e. The van der Waals surface area contributed by atoms with Crippen molar-refractivity contribution < 1.29 is 19.1 Å². The van der Waals surface area contributed by atoms with Crippen LogP contribution < -0.4 is 14.6 Å². The fourth-order valence-electron chi connectivity index (χ4n) is 3.46. The Labute approximate surface area is 146 Å². The first-order valence-corrected chi connectivity index (χ1v) is 8.36. The van der Waals surface area contributed by atoms with Gasteiger partial charge in [0, 0.05) is 0 Å². The van der Waals surface area contributed by atoms with Crippen molar-refractivity contribution in [1.82, 2.24) is 4.57 Å². The summed E-state index contributed by atoms with van der Waals surface area (Å²) in [6.45, 7) is 9.51. The summed E-state index contributed by atoms with van der Waals surface area (Å²) in [4.78, 5) is 27.0. The SMILES string of the molecule is Cc1c[n+]2c(N(C)C)n3c(c2c(C(=O)O)c1C)NC(C)(C(C)C)C3=O. The Morgan fingerprint density at radius 3 is 2.44 bits per heavy atom. The van der Waals surface area contributed by atoms with Crippen molar-refractivity contribution in [2.75, 3.05) is 24.3 Å². The Balaban J connectivity index is 2.51. The van der Waals surface area contributed by atoms with Crippen LogP contribution in [-0.4, -0.2) is 41.2 Å². The molecule has 7 nitrogen and oxygen atoms in total. The number of carboxylic acids is 1. The van der Waals surface area contributed by atoms with Crippen molar-refractivity contribution in [2.24, 2.45) is 5.92 Å². The number of aromatic carboxylic acids is 1. The molecule has 25 heavy (non-hydrogen) atoms. The molecule has 134 valence electrons. The van der Waals surface area contributed by atoms with E-state index in [9.17, 15) is 14.7 Å². The Kier molecular flexibility index (Phi) is 3.60. The van der Waals surface area contributed by atoms with E-state index in [0.29, 0.717) is 22.8 Å². The Bertz CT molecular complexity index is 927. The summed E-state index contributed by atoms with van der Waals surface area (Å²) in [5, 5.41) is 13.1. The van der Waals surface area contributed by atoms with Gasteiger partial charge >= 0.3 is 17.8 Å². The van der Waals surface area contributed by atoms with Gasteiger partial charge in [-0.25, -0.2) is 4.79 Å². The molecule has 1 atom stereocenters. The van der Waals surface area contributed by atoms with Gasteiger partial charge in [0.1, 0.15) is 11.1 Å². The van der Waals surface area contributed by atoms with Crippen molar-refractivity contribution in [2.45, 2.75) is 40.2 Å². The molecule has 2 aromatic rings. The molecule has 1 aliphatic heterocycles. The van der Waals surface area contributed by atoms with E-state index in [1.54, 1.807) is 15.9 Å². The summed E-state index contributed by atoms with van der Waals surface area (Å²) in [5.74, 6) is 0.166. The number of hydrogen-bond donors (Lipinski definition) is 2. The number of imidazole rings is 1. The standard InChI is InChI=1S/C18H24N4O3/c1-9(2)18(5)16(25)22-14(19-18)13-12(15(23)24)11(4)10(3)8-21(13)17(22)20(6)7/h8-9,19H,1-7H3/p+1. The lowest BCUT2D eigenvalue weighted by molar-refractivity contribution is -0.498. The van der Waals surface area contributed by atoms with Crippen LogP contribution in [0.25, 0.3) is 5.52 Å². The van der Waals surface area contributed by atoms with Crippen molar-refractivity contribution in [1.29, 1.82) is 0 Å². The number of hydrogen-bond acceptors (Lipinski definition) is 4. The number of nitrogens with zero attached hydrogens (tertiary/aromatic N) is 3. The van der Waals surface area contributed by atoms with Crippen LogP contribution >= 0.6 is 0 Å². The molecule has 7 heteroatoms. The van der Waals surface area contributed by atoms with Crippen molar-refractivity contribution in [3.63, 3.8) is 0 Å². The van der Waals surface area contributed by atoms with Crippen LogP contribution in [-0.2, 0) is 0 Å². The second-order valence-electron chi connectivity index (χ2n) is 7.50. The first-order valence-electron chi connectivity index (χ1n) is 8.36. The van der Waals surface area contributed by atoms with Crippen LogP contribution in [0.2, 0.25) is 0 Å². The number of rotatable bonds is 3. The van der Waals surface area contributed by atoms with Gasteiger partial charge in [-0.15, -0.1) is 4.57 Å². The van der Waals surface area contributed by atoms with E-state index in [2.05, 4.69) is 5.32 Å². The summed E-state index contributed by atoms with van der Waals surface area (Å²) in [6, 6.07) is 0. The summed E-state index contributed by atoms with van der Waals surface area (Å²) >= 11 is 0. The lowest BCUT2D eigenvalue weighted by atomic mass is 9.88. The quantitative estimate of drug-likeness (QED) is 0.833. The molecule has 0 aromatic carbocycles. The molecule has 0 saturated heterocycles.